The molecule has 0 aliphatic carbocycles. The van der Waals surface area contributed by atoms with Crippen molar-refractivity contribution in [3.8, 4) is 51.0 Å². The number of nitrogens with zero attached hydrogens (tertiary/aromatic N) is 4. The van der Waals surface area contributed by atoms with Crippen LogP contribution < -0.4 is 0 Å². The van der Waals surface area contributed by atoms with Crippen LogP contribution in [0.15, 0.2) is 174 Å². The van der Waals surface area contributed by atoms with E-state index in [0.29, 0.717) is 27.8 Å². The zero-order valence-corrected chi connectivity index (χ0v) is 26.1. The Hall–Kier alpha value is -6.85. The maximum Gasteiger partial charge on any atom is 0.167 e. The van der Waals surface area contributed by atoms with Crippen molar-refractivity contribution >= 4 is 43.7 Å². The number of hydrogen-bond donors (Lipinski definition) is 0. The number of furan rings is 1. The van der Waals surface area contributed by atoms with Gasteiger partial charge in [-0.25, -0.2) is 15.0 Å². The summed E-state index contributed by atoms with van der Waals surface area (Å²) in [5.74, 6) is -0.822. The number of hydrogen-bond acceptors (Lipinski definition) is 4. The molecule has 3 heterocycles. The van der Waals surface area contributed by atoms with Gasteiger partial charge >= 0.3 is 0 Å². The molecule has 3 aromatic heterocycles. The minimum absolute atomic E-state index is 0.0939. The van der Waals surface area contributed by atoms with Crippen molar-refractivity contribution in [2.24, 2.45) is 0 Å². The van der Waals surface area contributed by atoms with Crippen LogP contribution in [0.5, 0.6) is 0 Å². The van der Waals surface area contributed by atoms with Gasteiger partial charge in [0, 0.05) is 38.4 Å². The topological polar surface area (TPSA) is 56.7 Å². The van der Waals surface area contributed by atoms with E-state index in [4.69, 9.17) is 28.1 Å². The third kappa shape index (κ3) is 4.60. The van der Waals surface area contributed by atoms with Crippen LogP contribution in [-0.4, -0.2) is 19.5 Å². The highest BCUT2D eigenvalue weighted by Crippen LogP contribution is 2.41. The molecule has 10 rings (SSSR count). The van der Waals surface area contributed by atoms with Crippen LogP contribution in [0.3, 0.4) is 0 Å². The van der Waals surface area contributed by atoms with E-state index < -0.39 is 60.4 Å². The van der Waals surface area contributed by atoms with E-state index >= 15 is 0 Å². The molecule has 0 saturated carbocycles. The third-order valence-electron chi connectivity index (χ3n) is 8.83. The molecule has 10 aromatic rings. The predicted molar refractivity (Wildman–Crippen MR) is 203 cm³/mol. The zero-order valence-electron chi connectivity index (χ0n) is 36.1. The summed E-state index contributed by atoms with van der Waals surface area (Å²) in [6.45, 7) is 0. The Labute approximate surface area is 301 Å². The molecular formula is C45H28N4O. The Morgan fingerprint density at radius 1 is 0.460 bits per heavy atom. The normalized spacial score (nSPS) is 14.4. The standard InChI is InChI=1S/C45H28N4O/c1-4-14-29(15-5-1)32-24-25-36-37-27-33(49-39-22-12-10-20-34(39)35-21-11-13-23-40(35)49)28-38(42(37)50-41(36)26-32)45-47-43(30-16-6-2-7-17-30)46-44(48-45)31-18-8-3-9-19-31/h1-28H/i2D,3D,6D,7D,8D,9D,16D,17D,18D,19D. The van der Waals surface area contributed by atoms with Gasteiger partial charge in [0.2, 0.25) is 0 Å². The van der Waals surface area contributed by atoms with Gasteiger partial charge in [0.15, 0.2) is 17.5 Å². The molecule has 0 fully saturated rings. The number of rotatable bonds is 5. The van der Waals surface area contributed by atoms with E-state index in [1.54, 1.807) is 0 Å². The van der Waals surface area contributed by atoms with Gasteiger partial charge in [0.25, 0.3) is 0 Å². The summed E-state index contributed by atoms with van der Waals surface area (Å²) in [4.78, 5) is 14.0. The van der Waals surface area contributed by atoms with Gasteiger partial charge in [0.05, 0.1) is 30.3 Å². The van der Waals surface area contributed by atoms with E-state index in [2.05, 4.69) is 21.7 Å². The number of benzene rings is 7. The van der Waals surface area contributed by atoms with E-state index in [9.17, 15) is 0 Å². The molecule has 0 N–H and O–H groups in total. The Morgan fingerprint density at radius 3 is 1.68 bits per heavy atom. The molecule has 7 aromatic carbocycles. The molecule has 0 radical (unpaired) electrons. The SMILES string of the molecule is [2H]c1c([2H])c([2H])c(-c2nc(-c3c([2H])c([2H])c([2H])c([2H])c3[2H])nc(-c3cc(-n4c5ccccc5c5ccccc54)cc4c3oc3cc(-c5ccccc5)ccc34)n2)c([2H])c1[2H]. The van der Waals surface area contributed by atoms with Crippen molar-refractivity contribution in [1.82, 2.24) is 19.5 Å². The van der Waals surface area contributed by atoms with E-state index in [1.165, 1.54) is 0 Å². The van der Waals surface area contributed by atoms with Gasteiger partial charge < -0.3 is 8.98 Å². The minimum atomic E-state index is -0.625. The summed E-state index contributed by atoms with van der Waals surface area (Å²) in [5.41, 5.74) is 4.92. The van der Waals surface area contributed by atoms with Crippen molar-refractivity contribution in [2.45, 2.75) is 0 Å². The Bertz CT molecular complexity index is 3260. The lowest BCUT2D eigenvalue weighted by molar-refractivity contribution is 0.669. The Balaban J connectivity index is 1.35. The summed E-state index contributed by atoms with van der Waals surface area (Å²) in [7, 11) is 0. The second-order valence-electron chi connectivity index (χ2n) is 11.7. The highest BCUT2D eigenvalue weighted by Gasteiger charge is 2.21. The van der Waals surface area contributed by atoms with Crippen molar-refractivity contribution in [1.29, 1.82) is 0 Å². The third-order valence-corrected chi connectivity index (χ3v) is 8.83. The minimum Gasteiger partial charge on any atom is -0.455 e. The summed E-state index contributed by atoms with van der Waals surface area (Å²) in [5, 5.41) is 3.50. The van der Waals surface area contributed by atoms with Crippen molar-refractivity contribution < 1.29 is 18.1 Å². The van der Waals surface area contributed by atoms with Crippen LogP contribution in [0.2, 0.25) is 0 Å². The molecule has 234 valence electrons. The highest BCUT2D eigenvalue weighted by molar-refractivity contribution is 6.13. The molecule has 5 nitrogen and oxygen atoms in total. The molecule has 0 aliphatic heterocycles. The lowest BCUT2D eigenvalue weighted by atomic mass is 10.0. The molecule has 0 unspecified atom stereocenters. The van der Waals surface area contributed by atoms with Gasteiger partial charge in [-0.3, -0.25) is 0 Å². The molecular weight excluding hydrogens is 613 g/mol. The van der Waals surface area contributed by atoms with Crippen LogP contribution in [0.25, 0.3) is 94.7 Å². The van der Waals surface area contributed by atoms with Gasteiger partial charge in [-0.1, -0.05) is 133 Å². The highest BCUT2D eigenvalue weighted by atomic mass is 16.3. The zero-order chi connectivity index (χ0) is 41.7. The summed E-state index contributed by atoms with van der Waals surface area (Å²) in [6, 6.07) is 29.5. The largest absolute Gasteiger partial charge is 0.455 e. The monoisotopic (exact) mass is 650 g/mol. The first-order valence-electron chi connectivity index (χ1n) is 20.9. The lowest BCUT2D eigenvalue weighted by Gasteiger charge is -2.12. The number of aromatic nitrogens is 4. The maximum absolute atomic E-state index is 8.83. The van der Waals surface area contributed by atoms with Crippen molar-refractivity contribution in [3.05, 3.63) is 170 Å². The van der Waals surface area contributed by atoms with Crippen molar-refractivity contribution in [3.63, 3.8) is 0 Å². The fraction of sp³-hybridized carbons (Fsp3) is 0. The molecule has 5 heteroatoms. The second kappa shape index (κ2) is 11.4. The molecule has 50 heavy (non-hydrogen) atoms. The van der Waals surface area contributed by atoms with Crippen LogP contribution in [0, 0.1) is 0 Å². The molecule has 0 atom stereocenters. The van der Waals surface area contributed by atoms with E-state index in [1.807, 2.05) is 97.1 Å². The summed E-state index contributed by atoms with van der Waals surface area (Å²) in [6.07, 6.45) is 0. The van der Waals surface area contributed by atoms with Crippen LogP contribution >= 0.6 is 0 Å². The van der Waals surface area contributed by atoms with Gasteiger partial charge in [-0.2, -0.15) is 0 Å². The van der Waals surface area contributed by atoms with Crippen LogP contribution in [-0.2, 0) is 0 Å². The fourth-order valence-corrected chi connectivity index (χ4v) is 6.61. The quantitative estimate of drug-likeness (QED) is 0.186. The average Bonchev–Trinajstić information content (AvgIpc) is 3.81. The number of fused-ring (bicyclic) bond motifs is 6. The van der Waals surface area contributed by atoms with Crippen LogP contribution in [0.1, 0.15) is 13.7 Å². The van der Waals surface area contributed by atoms with E-state index in [0.717, 1.165) is 38.3 Å². The van der Waals surface area contributed by atoms with Gasteiger partial charge in [-0.05, 0) is 47.5 Å². The predicted octanol–water partition coefficient (Wildman–Crippen LogP) is 11.5. The fourth-order valence-electron chi connectivity index (χ4n) is 6.61. The first kappa shape index (κ1) is 19.8. The average molecular weight is 651 g/mol. The van der Waals surface area contributed by atoms with Crippen LogP contribution in [0.4, 0.5) is 0 Å². The maximum atomic E-state index is 8.83. The van der Waals surface area contributed by atoms with Gasteiger partial charge in [0.1, 0.15) is 11.2 Å². The Kier molecular flexibility index (Phi) is 4.52. The molecule has 0 spiro atoms. The van der Waals surface area contributed by atoms with Crippen molar-refractivity contribution in [2.75, 3.05) is 0 Å². The Morgan fingerprint density at radius 2 is 1.04 bits per heavy atom. The molecule has 0 bridgehead atoms. The van der Waals surface area contributed by atoms with Gasteiger partial charge in [-0.15, -0.1) is 0 Å². The second-order valence-corrected chi connectivity index (χ2v) is 11.7. The van der Waals surface area contributed by atoms with E-state index in [-0.39, 0.29) is 28.6 Å². The molecule has 0 amide bonds. The molecule has 0 aliphatic rings. The number of para-hydroxylation sites is 2. The first-order chi connectivity index (χ1) is 28.9. The summed E-state index contributed by atoms with van der Waals surface area (Å²) >= 11 is 0. The first-order valence-corrected chi connectivity index (χ1v) is 15.9. The smallest absolute Gasteiger partial charge is 0.167 e. The molecule has 0 saturated heterocycles. The lowest BCUT2D eigenvalue weighted by Crippen LogP contribution is -2.01. The summed E-state index contributed by atoms with van der Waals surface area (Å²) < 4.78 is 94.3.